The van der Waals surface area contributed by atoms with Gasteiger partial charge in [0, 0.05) is 47.3 Å². The van der Waals surface area contributed by atoms with Crippen molar-refractivity contribution in [3.63, 3.8) is 0 Å². The second-order valence-electron chi connectivity index (χ2n) is 24.4. The third-order valence-electron chi connectivity index (χ3n) is 20.6. The van der Waals surface area contributed by atoms with E-state index in [0.717, 1.165) is 25.0 Å². The minimum atomic E-state index is 0.180. The average Bonchev–Trinajstić information content (AvgIpc) is 4.10. The summed E-state index contributed by atoms with van der Waals surface area (Å²) in [5, 5.41) is 8.23. The van der Waals surface area contributed by atoms with Crippen molar-refractivity contribution >= 4 is 0 Å². The minimum absolute atomic E-state index is 0.180. The molecule has 0 aromatic carbocycles. The van der Waals surface area contributed by atoms with Crippen LogP contribution in [0.5, 0.6) is 0 Å². The topological polar surface area (TPSA) is 45.8 Å². The molecule has 14 rings (SSSR count). The van der Waals surface area contributed by atoms with E-state index < -0.39 is 0 Å². The first-order valence-electron chi connectivity index (χ1n) is 29.1. The highest BCUT2D eigenvalue weighted by molar-refractivity contribution is 5.41. The van der Waals surface area contributed by atoms with Gasteiger partial charge in [-0.1, -0.05) is 121 Å². The Morgan fingerprint density at radius 3 is 2.21 bits per heavy atom. The van der Waals surface area contributed by atoms with Gasteiger partial charge in [0.1, 0.15) is 11.9 Å². The van der Waals surface area contributed by atoms with Crippen LogP contribution in [0.2, 0.25) is 0 Å². The first-order valence-corrected chi connectivity index (χ1v) is 29.1. The second kappa shape index (κ2) is 19.3. The highest BCUT2D eigenvalue weighted by Gasteiger charge is 2.52. The van der Waals surface area contributed by atoms with E-state index in [1.807, 2.05) is 0 Å². The van der Waals surface area contributed by atoms with Gasteiger partial charge in [-0.15, -0.1) is 0 Å². The van der Waals surface area contributed by atoms with E-state index in [2.05, 4.69) is 155 Å². The van der Waals surface area contributed by atoms with Gasteiger partial charge >= 0.3 is 0 Å². The Bertz CT molecular complexity index is 2560. The summed E-state index contributed by atoms with van der Waals surface area (Å²) in [7, 11) is 0. The van der Waals surface area contributed by atoms with Gasteiger partial charge in [-0.2, -0.15) is 0 Å². The van der Waals surface area contributed by atoms with Crippen molar-refractivity contribution in [2.75, 3.05) is 0 Å². The van der Waals surface area contributed by atoms with Crippen LogP contribution in [0.1, 0.15) is 116 Å². The zero-order valence-electron chi connectivity index (χ0n) is 42.2. The summed E-state index contributed by atoms with van der Waals surface area (Å²) < 4.78 is 13.1. The molecule has 0 amide bonds. The smallest absolute Gasteiger partial charge is 0.127 e. The molecule has 0 radical (unpaired) electrons. The highest BCUT2D eigenvalue weighted by atomic mass is 16.5. The molecule has 3 heterocycles. The third-order valence-corrected chi connectivity index (χ3v) is 20.6. The number of nitrogens with zero attached hydrogens (tertiary/aromatic N) is 1. The summed E-state index contributed by atoms with van der Waals surface area (Å²) in [6, 6.07) is 1.78. The zero-order chi connectivity index (χ0) is 46.8. The lowest BCUT2D eigenvalue weighted by Crippen LogP contribution is -2.41. The number of ether oxygens (including phenoxy) is 2. The van der Waals surface area contributed by atoms with Gasteiger partial charge in [-0.05, 0) is 192 Å². The number of hydrogen-bond acceptors (Lipinski definition) is 5. The molecule has 370 valence electrons. The van der Waals surface area contributed by atoms with E-state index in [4.69, 9.17) is 9.47 Å². The predicted octanol–water partition coefficient (Wildman–Crippen LogP) is 13.8. The van der Waals surface area contributed by atoms with Crippen molar-refractivity contribution in [2.45, 2.75) is 158 Å². The summed E-state index contributed by atoms with van der Waals surface area (Å²) in [6.07, 6.45) is 79.5. The second-order valence-corrected chi connectivity index (χ2v) is 24.4. The molecule has 0 spiro atoms. The number of rotatable bonds is 9. The largest absolute Gasteiger partial charge is 0.485 e. The molecular formula is C66H79N3O2. The Hall–Kier alpha value is -4.74. The highest BCUT2D eigenvalue weighted by Crippen LogP contribution is 2.54. The molecule has 3 aliphatic heterocycles. The maximum atomic E-state index is 6.63. The fourth-order valence-electron chi connectivity index (χ4n) is 17.2. The number of allylic oxidation sites excluding steroid dienone is 18. The lowest BCUT2D eigenvalue weighted by molar-refractivity contribution is 0.0634. The summed E-state index contributed by atoms with van der Waals surface area (Å²) >= 11 is 0. The van der Waals surface area contributed by atoms with Crippen molar-refractivity contribution in [1.82, 2.24) is 15.5 Å². The van der Waals surface area contributed by atoms with Crippen molar-refractivity contribution < 1.29 is 9.47 Å². The van der Waals surface area contributed by atoms with Crippen LogP contribution < -0.4 is 10.6 Å². The number of likely N-dealkylation sites (tertiary alicyclic amines) is 1. The third kappa shape index (κ3) is 8.50. The summed E-state index contributed by atoms with van der Waals surface area (Å²) in [5.74, 6) is 8.00. The molecule has 14 aliphatic rings. The number of fused-ring (bicyclic) bond motifs is 8. The standard InChI is InChI=1S/C66H79N3O2/c1-2-18-50(19-3-1)69-61-34-28-44(42-14-12-16-46(36-42)51-20-4-8-24-59(51)67-48-30-32-55-53-22-6-10-26-63(53)70-65(55)40-48)38-57(61)58-39-45(29-35-62(58)69)43-15-13-17-47(37-43)52-21-5-9-25-60(52)68-49-31-33-56-54-23-7-11-27-64(54)71-66(56)41-49/h1-2,6,8-12,14,18,22,24-29,31,33-35,37,40,42-46,51-54,57-64,66-68H,3-5,7,13,15-17,19-21,23,30,32,36,38-39,41H2. The maximum Gasteiger partial charge on any atom is 0.127 e. The Labute approximate surface area is 425 Å². The van der Waals surface area contributed by atoms with Crippen LogP contribution in [-0.2, 0) is 9.47 Å². The van der Waals surface area contributed by atoms with Crippen molar-refractivity contribution in [2.24, 2.45) is 65.1 Å². The first kappa shape index (κ1) is 44.9. The fourth-order valence-corrected chi connectivity index (χ4v) is 17.2. The van der Waals surface area contributed by atoms with Gasteiger partial charge in [0.2, 0.25) is 0 Å². The normalized spacial score (nSPS) is 43.5. The molecule has 0 aromatic heterocycles. The molecule has 2 saturated heterocycles. The van der Waals surface area contributed by atoms with E-state index in [-0.39, 0.29) is 18.3 Å². The van der Waals surface area contributed by atoms with Crippen LogP contribution in [0.15, 0.2) is 179 Å². The van der Waals surface area contributed by atoms with Crippen LogP contribution >= 0.6 is 0 Å². The zero-order valence-corrected chi connectivity index (χ0v) is 42.2. The minimum Gasteiger partial charge on any atom is -0.485 e. The molecule has 18 atom stereocenters. The maximum absolute atomic E-state index is 6.63. The molecular weight excluding hydrogens is 867 g/mol. The molecule has 11 aliphatic carbocycles. The first-order chi connectivity index (χ1) is 35.1. The number of nitrogens with one attached hydrogen (secondary N) is 2. The van der Waals surface area contributed by atoms with Crippen molar-refractivity contribution in [3.05, 3.63) is 179 Å². The van der Waals surface area contributed by atoms with Gasteiger partial charge < -0.3 is 25.0 Å². The molecule has 5 nitrogen and oxygen atoms in total. The Morgan fingerprint density at radius 2 is 1.34 bits per heavy atom. The van der Waals surface area contributed by atoms with E-state index in [9.17, 15) is 0 Å². The molecule has 0 bridgehead atoms. The lowest BCUT2D eigenvalue weighted by Gasteiger charge is -2.42. The quantitative estimate of drug-likeness (QED) is 0.226. The van der Waals surface area contributed by atoms with E-state index in [0.29, 0.717) is 89.3 Å². The van der Waals surface area contributed by atoms with Crippen molar-refractivity contribution in [1.29, 1.82) is 0 Å². The molecule has 2 N–H and O–H groups in total. The van der Waals surface area contributed by atoms with Gasteiger partial charge in [0.25, 0.3) is 0 Å². The van der Waals surface area contributed by atoms with Gasteiger partial charge in [-0.3, -0.25) is 0 Å². The lowest BCUT2D eigenvalue weighted by atomic mass is 9.64. The molecule has 2 fully saturated rings. The number of hydrogen-bond donors (Lipinski definition) is 2. The van der Waals surface area contributed by atoms with Crippen LogP contribution in [-0.4, -0.2) is 47.4 Å². The summed E-state index contributed by atoms with van der Waals surface area (Å²) in [6.45, 7) is 0. The molecule has 18 unspecified atom stereocenters. The van der Waals surface area contributed by atoms with Crippen LogP contribution in [0, 0.1) is 65.1 Å². The van der Waals surface area contributed by atoms with Crippen LogP contribution in [0.25, 0.3) is 0 Å². The summed E-state index contributed by atoms with van der Waals surface area (Å²) in [5.41, 5.74) is 9.09. The Balaban J connectivity index is 0.665. The molecule has 5 heteroatoms. The SMILES string of the molecule is C1=CCCC(N2C3C=CC(C4C=C(C5CCC=CC5NC5=CC=C6C(C5)OC5C=CCCC65)CCC4)CC3C3CC(C4C=CCC(C5CCC=CC5NC5=CC6=C(CC5)C5C=CC=CC5O6)C4)C=CC32)=C1. The van der Waals surface area contributed by atoms with Crippen LogP contribution in [0.4, 0.5) is 0 Å². The summed E-state index contributed by atoms with van der Waals surface area (Å²) in [4.78, 5) is 2.92. The molecule has 71 heavy (non-hydrogen) atoms. The monoisotopic (exact) mass is 946 g/mol. The van der Waals surface area contributed by atoms with E-state index in [1.165, 1.54) is 119 Å². The fraction of sp³-hybridized carbons (Fsp3) is 0.545. The Kier molecular flexibility index (Phi) is 12.2. The molecule has 0 saturated carbocycles. The average molecular weight is 946 g/mol. The molecule has 0 aromatic rings. The van der Waals surface area contributed by atoms with Gasteiger partial charge in [-0.25, -0.2) is 0 Å². The van der Waals surface area contributed by atoms with Crippen molar-refractivity contribution in [3.8, 4) is 0 Å². The van der Waals surface area contributed by atoms with Gasteiger partial charge in [0.15, 0.2) is 0 Å². The predicted molar refractivity (Wildman–Crippen MR) is 288 cm³/mol. The van der Waals surface area contributed by atoms with Crippen LogP contribution in [0.3, 0.4) is 0 Å². The van der Waals surface area contributed by atoms with Gasteiger partial charge in [0.05, 0.1) is 30.3 Å². The van der Waals surface area contributed by atoms with E-state index in [1.54, 1.807) is 11.3 Å². The Morgan fingerprint density at radius 1 is 0.549 bits per heavy atom. The van der Waals surface area contributed by atoms with E-state index >= 15 is 0 Å².